The van der Waals surface area contributed by atoms with Gasteiger partial charge in [0.1, 0.15) is 12.2 Å². The van der Waals surface area contributed by atoms with Crippen LogP contribution < -0.4 is 10.6 Å². The highest BCUT2D eigenvalue weighted by atomic mass is 127. The number of rotatable bonds is 10. The second-order valence-electron chi connectivity index (χ2n) is 9.61. The molecule has 1 saturated heterocycles. The largest absolute Gasteiger partial charge is 0.387 e. The molecule has 2 aromatic heterocycles. The van der Waals surface area contributed by atoms with Gasteiger partial charge in [0.25, 0.3) is 5.91 Å². The van der Waals surface area contributed by atoms with E-state index in [1.165, 1.54) is 17.5 Å². The number of carbonyl (C=O) groups is 1. The van der Waals surface area contributed by atoms with Crippen molar-refractivity contribution >= 4 is 45.5 Å². The van der Waals surface area contributed by atoms with E-state index in [0.29, 0.717) is 33.9 Å². The highest BCUT2D eigenvalue weighted by Gasteiger charge is 2.47. The standard InChI is InChI=1S/C28H31IN6O4/c1-2-30-26(38)23-21(36)22(37)27(39-23)35-16-32-20-24(33-28(29)34-25(20)35)31-15-19(13-17-9-5-3-6-10-17)14-18-11-7-4-8-12-18/h3-12,16,19,21-23,27,36-37H,2,13-15H2,1H3,(H,30,38)(H,31,33,34)/t21-,22+,23-,27+/m0/s1. The number of hydrogen-bond acceptors (Lipinski definition) is 8. The minimum Gasteiger partial charge on any atom is -0.387 e. The summed E-state index contributed by atoms with van der Waals surface area (Å²) in [4.78, 5) is 26.0. The summed E-state index contributed by atoms with van der Waals surface area (Å²) in [6.07, 6.45) is -1.66. The van der Waals surface area contributed by atoms with Gasteiger partial charge in [-0.05, 0) is 36.8 Å². The molecular formula is C28H31IN6O4. The van der Waals surface area contributed by atoms with Crippen LogP contribution in [0.2, 0.25) is 0 Å². The third kappa shape index (κ3) is 6.21. The second kappa shape index (κ2) is 12.4. The zero-order valence-corrected chi connectivity index (χ0v) is 23.6. The van der Waals surface area contributed by atoms with Crippen LogP contribution in [0, 0.1) is 9.75 Å². The quantitative estimate of drug-likeness (QED) is 0.153. The highest BCUT2D eigenvalue weighted by molar-refractivity contribution is 14.1. The number of benzene rings is 2. The zero-order chi connectivity index (χ0) is 27.4. The van der Waals surface area contributed by atoms with Crippen molar-refractivity contribution in [2.24, 2.45) is 5.92 Å². The Morgan fingerprint density at radius 1 is 1.03 bits per heavy atom. The van der Waals surface area contributed by atoms with E-state index in [9.17, 15) is 15.0 Å². The number of nitrogens with zero attached hydrogens (tertiary/aromatic N) is 4. The summed E-state index contributed by atoms with van der Waals surface area (Å²) >= 11 is 2.04. The number of halogens is 1. The molecule has 11 heteroatoms. The molecule has 1 aliphatic rings. The average Bonchev–Trinajstić information content (AvgIpc) is 3.48. The summed E-state index contributed by atoms with van der Waals surface area (Å²) in [5.41, 5.74) is 3.48. The third-order valence-electron chi connectivity index (χ3n) is 6.81. The van der Waals surface area contributed by atoms with E-state index < -0.39 is 30.4 Å². The fraction of sp³-hybridized carbons (Fsp3) is 0.357. The summed E-state index contributed by atoms with van der Waals surface area (Å²) < 4.78 is 7.82. The van der Waals surface area contributed by atoms with Crippen molar-refractivity contribution in [3.8, 4) is 0 Å². The Hall–Kier alpha value is -3.13. The number of anilines is 1. The lowest BCUT2D eigenvalue weighted by molar-refractivity contribution is -0.137. The number of amides is 1. The molecule has 0 unspecified atom stereocenters. The molecule has 204 valence electrons. The molecule has 0 saturated carbocycles. The number of aromatic nitrogens is 4. The Kier molecular flexibility index (Phi) is 8.70. The fourth-order valence-corrected chi connectivity index (χ4v) is 5.40. The van der Waals surface area contributed by atoms with Crippen LogP contribution in [0.4, 0.5) is 5.82 Å². The lowest BCUT2D eigenvalue weighted by Gasteiger charge is -2.19. The Bertz CT molecular complexity index is 1360. The number of aliphatic hydroxyl groups excluding tert-OH is 2. The number of aliphatic hydroxyl groups is 2. The molecule has 4 atom stereocenters. The summed E-state index contributed by atoms with van der Waals surface area (Å²) in [5.74, 6) is 0.375. The second-order valence-corrected chi connectivity index (χ2v) is 10.6. The molecule has 1 aliphatic heterocycles. The van der Waals surface area contributed by atoms with Crippen LogP contribution in [0.3, 0.4) is 0 Å². The lowest BCUT2D eigenvalue weighted by Crippen LogP contribution is -2.42. The van der Waals surface area contributed by atoms with Crippen LogP contribution in [0.5, 0.6) is 0 Å². The molecule has 0 radical (unpaired) electrons. The monoisotopic (exact) mass is 642 g/mol. The molecule has 0 bridgehead atoms. The van der Waals surface area contributed by atoms with E-state index in [-0.39, 0.29) is 5.92 Å². The first-order chi connectivity index (χ1) is 18.9. The summed E-state index contributed by atoms with van der Waals surface area (Å²) in [5, 5.41) is 27.3. The Morgan fingerprint density at radius 3 is 2.28 bits per heavy atom. The number of imidazole rings is 1. The third-order valence-corrected chi connectivity index (χ3v) is 7.29. The molecule has 4 aromatic rings. The molecule has 39 heavy (non-hydrogen) atoms. The summed E-state index contributed by atoms with van der Waals surface area (Å²) in [6.45, 7) is 2.81. The van der Waals surface area contributed by atoms with Crippen molar-refractivity contribution < 1.29 is 19.7 Å². The number of ether oxygens (including phenoxy) is 1. The predicted molar refractivity (Wildman–Crippen MR) is 155 cm³/mol. The first kappa shape index (κ1) is 27.4. The van der Waals surface area contributed by atoms with Gasteiger partial charge in [-0.3, -0.25) is 9.36 Å². The summed E-state index contributed by atoms with van der Waals surface area (Å²) in [7, 11) is 0. The minimum atomic E-state index is -1.38. The predicted octanol–water partition coefficient (Wildman–Crippen LogP) is 2.70. The van der Waals surface area contributed by atoms with Gasteiger partial charge in [0, 0.05) is 35.7 Å². The van der Waals surface area contributed by atoms with Gasteiger partial charge >= 0.3 is 0 Å². The van der Waals surface area contributed by atoms with Gasteiger partial charge in [0.15, 0.2) is 33.1 Å². The van der Waals surface area contributed by atoms with Crippen molar-refractivity contribution in [2.45, 2.75) is 44.3 Å². The van der Waals surface area contributed by atoms with Crippen LogP contribution in [-0.4, -0.2) is 67.0 Å². The first-order valence-corrected chi connectivity index (χ1v) is 14.0. The smallest absolute Gasteiger partial charge is 0.252 e. The van der Waals surface area contributed by atoms with Crippen molar-refractivity contribution in [3.05, 3.63) is 81.9 Å². The fourth-order valence-electron chi connectivity index (χ4n) is 4.93. The Balaban J connectivity index is 1.38. The SMILES string of the molecule is CCNC(=O)[C@H]1O[C@@H](n2cnc3c(NCC(Cc4ccccc4)Cc4ccccc4)nc(I)nc32)[C@H](O)[C@@H]1O. The van der Waals surface area contributed by atoms with Gasteiger partial charge in [-0.1, -0.05) is 60.7 Å². The normalized spacial score (nSPS) is 20.9. The average molecular weight is 642 g/mol. The van der Waals surface area contributed by atoms with E-state index >= 15 is 0 Å². The first-order valence-electron chi connectivity index (χ1n) is 13.0. The van der Waals surface area contributed by atoms with Gasteiger partial charge in [0.05, 0.1) is 6.33 Å². The van der Waals surface area contributed by atoms with Crippen LogP contribution >= 0.6 is 22.6 Å². The van der Waals surface area contributed by atoms with E-state index in [1.807, 2.05) is 34.7 Å². The lowest BCUT2D eigenvalue weighted by atomic mass is 9.92. The molecule has 3 heterocycles. The van der Waals surface area contributed by atoms with Crippen molar-refractivity contribution in [1.29, 1.82) is 0 Å². The van der Waals surface area contributed by atoms with Gasteiger partial charge in [-0.2, -0.15) is 0 Å². The molecule has 0 spiro atoms. The maximum atomic E-state index is 12.3. The molecular weight excluding hydrogens is 611 g/mol. The van der Waals surface area contributed by atoms with Gasteiger partial charge in [0.2, 0.25) is 0 Å². The maximum absolute atomic E-state index is 12.3. The number of hydrogen-bond donors (Lipinski definition) is 4. The van der Waals surface area contributed by atoms with E-state index in [0.717, 1.165) is 12.8 Å². The highest BCUT2D eigenvalue weighted by Crippen LogP contribution is 2.33. The van der Waals surface area contributed by atoms with E-state index in [2.05, 4.69) is 74.1 Å². The van der Waals surface area contributed by atoms with Crippen molar-refractivity contribution in [1.82, 2.24) is 24.8 Å². The Morgan fingerprint density at radius 2 is 1.67 bits per heavy atom. The molecule has 2 aromatic carbocycles. The molecule has 4 N–H and O–H groups in total. The zero-order valence-electron chi connectivity index (χ0n) is 21.4. The van der Waals surface area contributed by atoms with E-state index in [1.54, 1.807) is 11.5 Å². The van der Waals surface area contributed by atoms with Gasteiger partial charge in [-0.25, -0.2) is 15.0 Å². The Labute approximate surface area is 240 Å². The topological polar surface area (TPSA) is 134 Å². The molecule has 5 rings (SSSR count). The van der Waals surface area contributed by atoms with Crippen LogP contribution in [0.15, 0.2) is 67.0 Å². The van der Waals surface area contributed by atoms with Crippen molar-refractivity contribution in [2.75, 3.05) is 18.4 Å². The minimum absolute atomic E-state index is 0.285. The number of nitrogens with one attached hydrogen (secondary N) is 2. The molecule has 0 aliphatic carbocycles. The maximum Gasteiger partial charge on any atom is 0.252 e. The number of likely N-dealkylation sites (N-methyl/N-ethyl adjacent to an activating group) is 1. The molecule has 1 amide bonds. The summed E-state index contributed by atoms with van der Waals surface area (Å²) in [6, 6.07) is 20.8. The van der Waals surface area contributed by atoms with E-state index in [4.69, 9.17) is 4.74 Å². The number of carbonyl (C=O) groups excluding carboxylic acids is 1. The molecule has 1 fully saturated rings. The van der Waals surface area contributed by atoms with Crippen LogP contribution in [0.25, 0.3) is 11.2 Å². The van der Waals surface area contributed by atoms with Crippen molar-refractivity contribution in [3.63, 3.8) is 0 Å². The van der Waals surface area contributed by atoms with Gasteiger partial charge < -0.3 is 25.6 Å². The van der Waals surface area contributed by atoms with Gasteiger partial charge in [-0.15, -0.1) is 0 Å². The molecule has 10 nitrogen and oxygen atoms in total. The number of fused-ring (bicyclic) bond motifs is 1. The van der Waals surface area contributed by atoms with Crippen LogP contribution in [0.1, 0.15) is 24.3 Å². The van der Waals surface area contributed by atoms with Crippen LogP contribution in [-0.2, 0) is 22.4 Å².